The number of nitro groups is 1. The van der Waals surface area contributed by atoms with E-state index in [0.29, 0.717) is 24.3 Å². The number of para-hydroxylation sites is 1. The summed E-state index contributed by atoms with van der Waals surface area (Å²) in [5.74, 6) is 0.0970. The highest BCUT2D eigenvalue weighted by atomic mass is 32.2. The fraction of sp³-hybridized carbons (Fsp3) is 0.538. The minimum atomic E-state index is -3.08. The van der Waals surface area contributed by atoms with Gasteiger partial charge in [-0.2, -0.15) is 0 Å². The van der Waals surface area contributed by atoms with Gasteiger partial charge in [0.1, 0.15) is 11.4 Å². The molecule has 1 aliphatic rings. The van der Waals surface area contributed by atoms with Gasteiger partial charge >= 0.3 is 5.69 Å². The molecule has 1 heterocycles. The lowest BCUT2D eigenvalue weighted by atomic mass is 10.0. The molecule has 116 valence electrons. The molecule has 2 N–H and O–H groups in total. The first kappa shape index (κ1) is 15.6. The Kier molecular flexibility index (Phi) is 4.08. The number of nitrogens with one attached hydrogen (secondary N) is 2. The molecule has 7 nitrogen and oxygen atoms in total. The molecule has 0 aromatic heterocycles. The molecule has 0 saturated carbocycles. The van der Waals surface area contributed by atoms with Gasteiger partial charge in [-0.25, -0.2) is 8.42 Å². The molecule has 8 heteroatoms. The second-order valence-electron chi connectivity index (χ2n) is 5.52. The molecule has 21 heavy (non-hydrogen) atoms. The van der Waals surface area contributed by atoms with Crippen molar-refractivity contribution in [2.45, 2.75) is 25.8 Å². The summed E-state index contributed by atoms with van der Waals surface area (Å²) in [5.41, 5.74) is 0.0499. The van der Waals surface area contributed by atoms with E-state index in [1.165, 1.54) is 0 Å². The molecule has 1 atom stereocenters. The lowest BCUT2D eigenvalue weighted by molar-refractivity contribution is -0.383. The van der Waals surface area contributed by atoms with Gasteiger partial charge in [-0.1, -0.05) is 6.07 Å². The number of rotatable bonds is 5. The van der Waals surface area contributed by atoms with Gasteiger partial charge in [-0.15, -0.1) is 0 Å². The van der Waals surface area contributed by atoms with Crippen molar-refractivity contribution in [1.82, 2.24) is 0 Å². The van der Waals surface area contributed by atoms with Gasteiger partial charge in [0.25, 0.3) is 0 Å². The van der Waals surface area contributed by atoms with Crippen molar-refractivity contribution in [2.75, 3.05) is 28.7 Å². The Morgan fingerprint density at radius 1 is 1.38 bits per heavy atom. The second kappa shape index (κ2) is 5.51. The Bertz CT molecular complexity index is 659. The third-order valence-electron chi connectivity index (χ3n) is 3.53. The smallest absolute Gasteiger partial charge is 0.315 e. The summed E-state index contributed by atoms with van der Waals surface area (Å²) in [6, 6.07) is 4.95. The van der Waals surface area contributed by atoms with Gasteiger partial charge in [0.05, 0.1) is 16.4 Å². The van der Waals surface area contributed by atoms with Crippen LogP contribution in [0, 0.1) is 10.1 Å². The zero-order chi connectivity index (χ0) is 15.7. The second-order valence-corrected chi connectivity index (χ2v) is 7.70. The summed E-state index contributed by atoms with van der Waals surface area (Å²) in [5, 5.41) is 17.3. The first-order chi connectivity index (χ1) is 9.76. The number of benzene rings is 1. The van der Waals surface area contributed by atoms with Crippen LogP contribution in [0.25, 0.3) is 0 Å². The summed E-state index contributed by atoms with van der Waals surface area (Å²) in [6.07, 6.45) is 0.442. The third kappa shape index (κ3) is 3.44. The highest BCUT2D eigenvalue weighted by molar-refractivity contribution is 7.91. The van der Waals surface area contributed by atoms with Crippen LogP contribution in [-0.2, 0) is 9.84 Å². The maximum absolute atomic E-state index is 11.6. The van der Waals surface area contributed by atoms with Crippen LogP contribution in [0.3, 0.4) is 0 Å². The molecule has 1 unspecified atom stereocenters. The normalized spacial score (nSPS) is 23.7. The Labute approximate surface area is 123 Å². The maximum Gasteiger partial charge on any atom is 0.315 e. The van der Waals surface area contributed by atoms with Crippen molar-refractivity contribution in [3.8, 4) is 0 Å². The first-order valence-electron chi connectivity index (χ1n) is 6.76. The quantitative estimate of drug-likeness (QED) is 0.637. The molecule has 1 aromatic rings. The molecule has 1 fully saturated rings. The number of anilines is 2. The van der Waals surface area contributed by atoms with Crippen molar-refractivity contribution in [2.24, 2.45) is 0 Å². The van der Waals surface area contributed by atoms with Gasteiger partial charge in [0.2, 0.25) is 0 Å². The average Bonchev–Trinajstić information content (AvgIpc) is 2.63. The van der Waals surface area contributed by atoms with E-state index in [4.69, 9.17) is 0 Å². The van der Waals surface area contributed by atoms with Crippen LogP contribution in [0.1, 0.15) is 20.3 Å². The highest BCUT2D eigenvalue weighted by Gasteiger charge is 2.39. The average molecular weight is 313 g/mol. The monoisotopic (exact) mass is 313 g/mol. The van der Waals surface area contributed by atoms with E-state index in [0.717, 1.165) is 0 Å². The molecule has 0 spiro atoms. The summed E-state index contributed by atoms with van der Waals surface area (Å²) in [4.78, 5) is 10.9. The minimum Gasteiger partial charge on any atom is -0.380 e. The SMILES string of the molecule is CCNc1cccc(NC2(C)CCS(=O)(=O)C2)c1[N+](=O)[O-]. The highest BCUT2D eigenvalue weighted by Crippen LogP contribution is 2.36. The number of hydrogen-bond donors (Lipinski definition) is 2. The Morgan fingerprint density at radius 2 is 2.05 bits per heavy atom. The predicted octanol–water partition coefficient (Wildman–Crippen LogP) is 2.02. The van der Waals surface area contributed by atoms with Crippen LogP contribution in [0.4, 0.5) is 17.1 Å². The number of nitrogens with zero attached hydrogens (tertiary/aromatic N) is 1. The van der Waals surface area contributed by atoms with Crippen molar-refractivity contribution >= 4 is 26.9 Å². The molecule has 0 aliphatic carbocycles. The van der Waals surface area contributed by atoms with Crippen LogP contribution in [0.2, 0.25) is 0 Å². The molecule has 1 aliphatic heterocycles. The minimum absolute atomic E-state index is 0.0113. The van der Waals surface area contributed by atoms with E-state index in [2.05, 4.69) is 10.6 Å². The van der Waals surface area contributed by atoms with Crippen LogP contribution in [-0.4, -0.2) is 36.9 Å². The number of sulfone groups is 1. The lowest BCUT2D eigenvalue weighted by Gasteiger charge is -2.25. The summed E-state index contributed by atoms with van der Waals surface area (Å²) < 4.78 is 23.3. The fourth-order valence-electron chi connectivity index (χ4n) is 2.61. The van der Waals surface area contributed by atoms with Gasteiger partial charge in [-0.05, 0) is 32.4 Å². The molecule has 0 bridgehead atoms. The van der Waals surface area contributed by atoms with Crippen LogP contribution >= 0.6 is 0 Å². The molecule has 1 aromatic carbocycles. The molecule has 0 amide bonds. The zero-order valence-electron chi connectivity index (χ0n) is 12.0. The molecular formula is C13H19N3O4S. The van der Waals surface area contributed by atoms with Crippen molar-refractivity contribution < 1.29 is 13.3 Å². The fourth-order valence-corrected chi connectivity index (χ4v) is 4.70. The topological polar surface area (TPSA) is 101 Å². The summed E-state index contributed by atoms with van der Waals surface area (Å²) >= 11 is 0. The number of hydrogen-bond acceptors (Lipinski definition) is 6. The molecule has 1 saturated heterocycles. The standard InChI is InChI=1S/C13H19N3O4S/c1-3-14-10-5-4-6-11(12(10)16(17)18)15-13(2)7-8-21(19,20)9-13/h4-6,14-15H,3,7-9H2,1-2H3. The Hall–Kier alpha value is -1.83. The van der Waals surface area contributed by atoms with Crippen LogP contribution < -0.4 is 10.6 Å². The van der Waals surface area contributed by atoms with Crippen molar-refractivity contribution in [3.63, 3.8) is 0 Å². The van der Waals surface area contributed by atoms with E-state index in [-0.39, 0.29) is 17.2 Å². The van der Waals surface area contributed by atoms with E-state index < -0.39 is 20.3 Å². The number of nitro benzene ring substituents is 1. The van der Waals surface area contributed by atoms with Gasteiger partial charge in [0, 0.05) is 12.1 Å². The van der Waals surface area contributed by atoms with E-state index in [9.17, 15) is 18.5 Å². The predicted molar refractivity (Wildman–Crippen MR) is 82.6 cm³/mol. The molecule has 2 rings (SSSR count). The zero-order valence-corrected chi connectivity index (χ0v) is 12.9. The molecule has 0 radical (unpaired) electrons. The Balaban J connectivity index is 2.36. The van der Waals surface area contributed by atoms with Gasteiger partial charge < -0.3 is 10.6 Å². The largest absolute Gasteiger partial charge is 0.380 e. The summed E-state index contributed by atoms with van der Waals surface area (Å²) in [6.45, 7) is 4.20. The van der Waals surface area contributed by atoms with Crippen LogP contribution in [0.15, 0.2) is 18.2 Å². The summed E-state index contributed by atoms with van der Waals surface area (Å²) in [7, 11) is -3.08. The van der Waals surface area contributed by atoms with Gasteiger partial charge in [0.15, 0.2) is 9.84 Å². The van der Waals surface area contributed by atoms with Crippen LogP contribution in [0.5, 0.6) is 0 Å². The van der Waals surface area contributed by atoms with Crippen molar-refractivity contribution in [3.05, 3.63) is 28.3 Å². The van der Waals surface area contributed by atoms with E-state index in [1.807, 2.05) is 6.92 Å². The van der Waals surface area contributed by atoms with E-state index in [1.54, 1.807) is 25.1 Å². The van der Waals surface area contributed by atoms with Crippen molar-refractivity contribution in [1.29, 1.82) is 0 Å². The molecular weight excluding hydrogens is 294 g/mol. The maximum atomic E-state index is 11.6. The Morgan fingerprint density at radius 3 is 2.57 bits per heavy atom. The lowest BCUT2D eigenvalue weighted by Crippen LogP contribution is -2.36. The van der Waals surface area contributed by atoms with Gasteiger partial charge in [-0.3, -0.25) is 10.1 Å². The van der Waals surface area contributed by atoms with E-state index >= 15 is 0 Å². The first-order valence-corrected chi connectivity index (χ1v) is 8.58. The third-order valence-corrected chi connectivity index (χ3v) is 5.43.